The molecule has 1 atom stereocenters. The summed E-state index contributed by atoms with van der Waals surface area (Å²) in [4.78, 5) is 12.1. The van der Waals surface area contributed by atoms with Gasteiger partial charge in [0.1, 0.15) is 0 Å². The van der Waals surface area contributed by atoms with E-state index in [9.17, 15) is 4.79 Å². The molecule has 0 aliphatic rings. The number of carbonyl (C=O) groups excluding carboxylic acids is 1. The van der Waals surface area contributed by atoms with Crippen LogP contribution in [0.1, 0.15) is 17.2 Å². The van der Waals surface area contributed by atoms with Crippen LogP contribution >= 0.6 is 23.2 Å². The van der Waals surface area contributed by atoms with E-state index in [-0.39, 0.29) is 18.4 Å². The SMILES string of the molecule is O=C(Cc1ccccc1Cl)NC(CCl)c1ccccc1. The fraction of sp³-hybridized carbons (Fsp3) is 0.188. The van der Waals surface area contributed by atoms with E-state index in [0.717, 1.165) is 11.1 Å². The molecule has 0 saturated heterocycles. The van der Waals surface area contributed by atoms with Crippen molar-refractivity contribution in [1.29, 1.82) is 0 Å². The number of rotatable bonds is 5. The largest absolute Gasteiger partial charge is 0.348 e. The van der Waals surface area contributed by atoms with Crippen molar-refractivity contribution in [3.05, 3.63) is 70.7 Å². The molecule has 0 heterocycles. The van der Waals surface area contributed by atoms with Crippen molar-refractivity contribution in [3.8, 4) is 0 Å². The molecule has 1 N–H and O–H groups in total. The van der Waals surface area contributed by atoms with Gasteiger partial charge in [-0.25, -0.2) is 0 Å². The summed E-state index contributed by atoms with van der Waals surface area (Å²) in [5.74, 6) is 0.241. The molecule has 2 aromatic rings. The number of alkyl halides is 1. The number of benzene rings is 2. The van der Waals surface area contributed by atoms with Crippen molar-refractivity contribution in [2.45, 2.75) is 12.5 Å². The van der Waals surface area contributed by atoms with E-state index in [0.29, 0.717) is 10.9 Å². The Labute approximate surface area is 128 Å². The van der Waals surface area contributed by atoms with Gasteiger partial charge >= 0.3 is 0 Å². The fourth-order valence-electron chi connectivity index (χ4n) is 1.96. The highest BCUT2D eigenvalue weighted by molar-refractivity contribution is 6.31. The van der Waals surface area contributed by atoms with E-state index in [2.05, 4.69) is 5.32 Å². The third kappa shape index (κ3) is 3.99. The van der Waals surface area contributed by atoms with E-state index in [4.69, 9.17) is 23.2 Å². The lowest BCUT2D eigenvalue weighted by atomic mass is 10.1. The zero-order valence-electron chi connectivity index (χ0n) is 10.9. The highest BCUT2D eigenvalue weighted by Gasteiger charge is 2.14. The summed E-state index contributed by atoms with van der Waals surface area (Å²) in [6.07, 6.45) is 0.250. The van der Waals surface area contributed by atoms with E-state index in [1.807, 2.05) is 48.5 Å². The zero-order valence-corrected chi connectivity index (χ0v) is 12.4. The predicted molar refractivity (Wildman–Crippen MR) is 83.2 cm³/mol. The van der Waals surface area contributed by atoms with E-state index in [1.54, 1.807) is 6.07 Å². The first-order valence-corrected chi connectivity index (χ1v) is 7.25. The molecule has 0 fully saturated rings. The number of halogens is 2. The second-order valence-corrected chi connectivity index (χ2v) is 5.17. The molecule has 1 unspecified atom stereocenters. The Kier molecular flexibility index (Phi) is 5.45. The minimum atomic E-state index is -0.187. The molecule has 4 heteroatoms. The molecule has 2 rings (SSSR count). The average molecular weight is 308 g/mol. The standard InChI is InChI=1S/C16H15Cl2NO/c17-11-15(12-6-2-1-3-7-12)19-16(20)10-13-8-4-5-9-14(13)18/h1-9,15H,10-11H2,(H,19,20). The molecular weight excluding hydrogens is 293 g/mol. The van der Waals surface area contributed by atoms with Crippen molar-refractivity contribution >= 4 is 29.1 Å². The number of nitrogens with one attached hydrogen (secondary N) is 1. The van der Waals surface area contributed by atoms with Gasteiger partial charge in [-0.05, 0) is 17.2 Å². The lowest BCUT2D eigenvalue weighted by Crippen LogP contribution is -2.30. The molecule has 2 nitrogen and oxygen atoms in total. The molecule has 104 valence electrons. The molecule has 2 aromatic carbocycles. The molecule has 0 aliphatic heterocycles. The maximum Gasteiger partial charge on any atom is 0.224 e. The third-order valence-electron chi connectivity index (χ3n) is 3.00. The Morgan fingerprint density at radius 3 is 2.35 bits per heavy atom. The maximum absolute atomic E-state index is 12.1. The van der Waals surface area contributed by atoms with E-state index in [1.165, 1.54) is 0 Å². The molecule has 0 aliphatic carbocycles. The molecular formula is C16H15Cl2NO. The van der Waals surface area contributed by atoms with Crippen molar-refractivity contribution in [3.63, 3.8) is 0 Å². The minimum Gasteiger partial charge on any atom is -0.348 e. The predicted octanol–water partition coefficient (Wildman–Crippen LogP) is 3.98. The third-order valence-corrected chi connectivity index (χ3v) is 3.68. The first kappa shape index (κ1) is 14.9. The number of amides is 1. The van der Waals surface area contributed by atoms with Gasteiger partial charge in [0.15, 0.2) is 0 Å². The van der Waals surface area contributed by atoms with Gasteiger partial charge in [-0.2, -0.15) is 0 Å². The molecule has 0 bridgehead atoms. The zero-order chi connectivity index (χ0) is 14.4. The summed E-state index contributed by atoms with van der Waals surface area (Å²) in [5.41, 5.74) is 1.81. The van der Waals surface area contributed by atoms with Crippen LogP contribution in [0.25, 0.3) is 0 Å². The van der Waals surface area contributed by atoms with Crippen LogP contribution in [-0.2, 0) is 11.2 Å². The van der Waals surface area contributed by atoms with Crippen LogP contribution in [0.5, 0.6) is 0 Å². The molecule has 0 spiro atoms. The lowest BCUT2D eigenvalue weighted by Gasteiger charge is -2.16. The average Bonchev–Trinajstić information content (AvgIpc) is 2.48. The van der Waals surface area contributed by atoms with Gasteiger partial charge < -0.3 is 5.32 Å². The summed E-state index contributed by atoms with van der Waals surface area (Å²) in [5, 5.41) is 3.53. The summed E-state index contributed by atoms with van der Waals surface area (Å²) in [7, 11) is 0. The highest BCUT2D eigenvalue weighted by atomic mass is 35.5. The molecule has 0 aromatic heterocycles. The van der Waals surface area contributed by atoms with Crippen LogP contribution in [0.3, 0.4) is 0 Å². The normalized spacial score (nSPS) is 11.9. The Hall–Kier alpha value is -1.51. The highest BCUT2D eigenvalue weighted by Crippen LogP contribution is 2.17. The molecule has 0 saturated carbocycles. The Morgan fingerprint density at radius 2 is 1.70 bits per heavy atom. The van der Waals surface area contributed by atoms with E-state index >= 15 is 0 Å². The van der Waals surface area contributed by atoms with Gasteiger partial charge in [-0.3, -0.25) is 4.79 Å². The first-order valence-electron chi connectivity index (χ1n) is 6.34. The second kappa shape index (κ2) is 7.32. The summed E-state index contributed by atoms with van der Waals surface area (Å²) >= 11 is 12.0. The maximum atomic E-state index is 12.1. The van der Waals surface area contributed by atoms with Gasteiger partial charge in [0, 0.05) is 10.9 Å². The van der Waals surface area contributed by atoms with Crippen LogP contribution < -0.4 is 5.32 Å². The van der Waals surface area contributed by atoms with E-state index < -0.39 is 0 Å². The Balaban J connectivity index is 2.02. The van der Waals surface area contributed by atoms with Crippen molar-refractivity contribution < 1.29 is 4.79 Å². The smallest absolute Gasteiger partial charge is 0.224 e. The monoisotopic (exact) mass is 307 g/mol. The van der Waals surface area contributed by atoms with Crippen molar-refractivity contribution in [1.82, 2.24) is 5.32 Å². The van der Waals surface area contributed by atoms with Crippen LogP contribution in [0, 0.1) is 0 Å². The molecule has 1 amide bonds. The van der Waals surface area contributed by atoms with Crippen LogP contribution in [0.2, 0.25) is 5.02 Å². The van der Waals surface area contributed by atoms with Gasteiger partial charge in [0.2, 0.25) is 5.91 Å². The number of hydrogen-bond acceptors (Lipinski definition) is 1. The van der Waals surface area contributed by atoms with Gasteiger partial charge in [-0.15, -0.1) is 11.6 Å². The van der Waals surface area contributed by atoms with Crippen LogP contribution in [-0.4, -0.2) is 11.8 Å². The van der Waals surface area contributed by atoms with Gasteiger partial charge in [0.25, 0.3) is 0 Å². The van der Waals surface area contributed by atoms with Crippen LogP contribution in [0.15, 0.2) is 54.6 Å². The summed E-state index contributed by atoms with van der Waals surface area (Å²) in [6.45, 7) is 0. The van der Waals surface area contributed by atoms with Gasteiger partial charge in [0.05, 0.1) is 12.5 Å². The number of carbonyl (C=O) groups is 1. The molecule has 0 radical (unpaired) electrons. The number of hydrogen-bond donors (Lipinski definition) is 1. The second-order valence-electron chi connectivity index (χ2n) is 4.45. The topological polar surface area (TPSA) is 29.1 Å². The van der Waals surface area contributed by atoms with Crippen molar-refractivity contribution in [2.24, 2.45) is 0 Å². The van der Waals surface area contributed by atoms with Crippen LogP contribution in [0.4, 0.5) is 0 Å². The first-order chi connectivity index (χ1) is 9.70. The summed E-state index contributed by atoms with van der Waals surface area (Å²) < 4.78 is 0. The fourth-order valence-corrected chi connectivity index (χ4v) is 2.41. The minimum absolute atomic E-state index is 0.0902. The van der Waals surface area contributed by atoms with Crippen molar-refractivity contribution in [2.75, 3.05) is 5.88 Å². The molecule has 20 heavy (non-hydrogen) atoms. The summed E-state index contributed by atoms with van der Waals surface area (Å²) in [6, 6.07) is 16.8. The Morgan fingerprint density at radius 1 is 1.05 bits per heavy atom. The Bertz CT molecular complexity index is 572. The quantitative estimate of drug-likeness (QED) is 0.832. The van der Waals surface area contributed by atoms with Gasteiger partial charge in [-0.1, -0.05) is 60.1 Å². The lowest BCUT2D eigenvalue weighted by molar-refractivity contribution is -0.121.